The molecular weight excluding hydrogens is 592 g/mol. The second-order valence-corrected chi connectivity index (χ2v) is 13.7. The van der Waals surface area contributed by atoms with Crippen LogP contribution in [-0.2, 0) is 34.1 Å². The number of amides is 6. The van der Waals surface area contributed by atoms with Crippen molar-refractivity contribution in [1.29, 1.82) is 0 Å². The Balaban J connectivity index is 1.77. The highest BCUT2D eigenvalue weighted by molar-refractivity contribution is 5.96. The molecule has 0 aliphatic carbocycles. The molecule has 3 atom stereocenters. The number of nitrogens with zero attached hydrogens (tertiary/aromatic N) is 2. The summed E-state index contributed by atoms with van der Waals surface area (Å²) in [6.07, 6.45) is 1.39. The Morgan fingerprint density at radius 3 is 2.17 bits per heavy atom. The van der Waals surface area contributed by atoms with Crippen LogP contribution < -0.4 is 21.7 Å². The molecule has 2 saturated heterocycles. The van der Waals surface area contributed by atoms with Gasteiger partial charge in [0, 0.05) is 19.6 Å². The molecular formula is C33H50N6O7. The number of primary amides is 1. The zero-order valence-electron chi connectivity index (χ0n) is 27.9. The zero-order valence-corrected chi connectivity index (χ0v) is 27.9. The van der Waals surface area contributed by atoms with Gasteiger partial charge in [-0.3, -0.25) is 24.0 Å². The lowest BCUT2D eigenvalue weighted by Crippen LogP contribution is -2.59. The van der Waals surface area contributed by atoms with Crippen LogP contribution in [0.2, 0.25) is 0 Å². The number of ether oxygens (including phenoxy) is 1. The van der Waals surface area contributed by atoms with Crippen molar-refractivity contribution >= 4 is 35.6 Å². The summed E-state index contributed by atoms with van der Waals surface area (Å²) >= 11 is 0. The fraction of sp³-hybridized carbons (Fsp3) is 0.636. The topological polar surface area (TPSA) is 180 Å². The summed E-state index contributed by atoms with van der Waals surface area (Å²) in [5.74, 6) is -2.02. The predicted molar refractivity (Wildman–Crippen MR) is 171 cm³/mol. The number of rotatable bonds is 11. The minimum absolute atomic E-state index is 0.0715. The first-order chi connectivity index (χ1) is 21.5. The van der Waals surface area contributed by atoms with E-state index in [4.69, 9.17) is 10.5 Å². The van der Waals surface area contributed by atoms with E-state index in [2.05, 4.69) is 16.0 Å². The molecule has 2 fully saturated rings. The molecule has 1 aromatic carbocycles. The zero-order chi connectivity index (χ0) is 34.2. The smallest absolute Gasteiger partial charge is 0.408 e. The largest absolute Gasteiger partial charge is 0.444 e. The molecule has 0 bridgehead atoms. The first kappa shape index (κ1) is 36.3. The standard InChI is InChI=1S/C33H50N6O7/c1-21(2)19-24(27(41)35-20-26(34)40)37-28(42)25-13-10-16-39(25)30(44)33(23-11-8-7-9-12-23)14-17-38(18-15-33)29(43)22(3)36-31(45)46-32(4,5)6/h7-9,11-12,21-22,24-25H,10,13-20H2,1-6H3,(H2,34,40)(H,35,41)(H,36,45)(H,37,42)/t22-,24-,25-/m0/s1. The van der Waals surface area contributed by atoms with Crippen LogP contribution in [0.3, 0.4) is 0 Å². The van der Waals surface area contributed by atoms with Gasteiger partial charge >= 0.3 is 6.09 Å². The van der Waals surface area contributed by atoms with Crippen LogP contribution >= 0.6 is 0 Å². The van der Waals surface area contributed by atoms with Gasteiger partial charge in [0.05, 0.1) is 12.0 Å². The summed E-state index contributed by atoms with van der Waals surface area (Å²) in [6.45, 7) is 11.3. The van der Waals surface area contributed by atoms with Crippen molar-refractivity contribution in [3.8, 4) is 0 Å². The number of piperidine rings is 1. The number of benzene rings is 1. The molecule has 13 heteroatoms. The minimum atomic E-state index is -0.973. The summed E-state index contributed by atoms with van der Waals surface area (Å²) in [4.78, 5) is 81.0. The minimum Gasteiger partial charge on any atom is -0.444 e. The maximum absolute atomic E-state index is 14.5. The molecule has 0 radical (unpaired) electrons. The third kappa shape index (κ3) is 9.43. The van der Waals surface area contributed by atoms with Crippen molar-refractivity contribution < 1.29 is 33.5 Å². The first-order valence-corrected chi connectivity index (χ1v) is 16.1. The second-order valence-electron chi connectivity index (χ2n) is 13.7. The second kappa shape index (κ2) is 15.4. The maximum atomic E-state index is 14.5. The number of likely N-dealkylation sites (tertiary alicyclic amines) is 2. The highest BCUT2D eigenvalue weighted by Gasteiger charge is 2.49. The molecule has 3 rings (SSSR count). The molecule has 2 heterocycles. The Morgan fingerprint density at radius 2 is 1.61 bits per heavy atom. The highest BCUT2D eigenvalue weighted by atomic mass is 16.6. The number of carbonyl (C=O) groups is 6. The fourth-order valence-electron chi connectivity index (χ4n) is 6.14. The van der Waals surface area contributed by atoms with E-state index in [9.17, 15) is 28.8 Å². The quantitative estimate of drug-likeness (QED) is 0.283. The Kier molecular flexibility index (Phi) is 12.2. The van der Waals surface area contributed by atoms with Crippen LogP contribution in [0.5, 0.6) is 0 Å². The lowest BCUT2D eigenvalue weighted by Gasteiger charge is -2.44. The molecule has 0 aromatic heterocycles. The van der Waals surface area contributed by atoms with Gasteiger partial charge in [0.1, 0.15) is 23.7 Å². The van der Waals surface area contributed by atoms with Crippen molar-refractivity contribution in [3.63, 3.8) is 0 Å². The molecule has 0 unspecified atom stereocenters. The van der Waals surface area contributed by atoms with E-state index in [0.29, 0.717) is 38.6 Å². The third-order valence-electron chi connectivity index (χ3n) is 8.36. The highest BCUT2D eigenvalue weighted by Crippen LogP contribution is 2.39. The lowest BCUT2D eigenvalue weighted by molar-refractivity contribution is -0.147. The van der Waals surface area contributed by atoms with Gasteiger partial charge in [-0.05, 0) is 71.3 Å². The van der Waals surface area contributed by atoms with Crippen molar-refractivity contribution in [1.82, 2.24) is 25.8 Å². The van der Waals surface area contributed by atoms with Crippen LogP contribution in [0.1, 0.15) is 79.2 Å². The molecule has 254 valence electrons. The van der Waals surface area contributed by atoms with Crippen LogP contribution in [0, 0.1) is 5.92 Å². The van der Waals surface area contributed by atoms with Crippen molar-refractivity contribution in [2.45, 2.75) is 103 Å². The summed E-state index contributed by atoms with van der Waals surface area (Å²) in [6, 6.07) is 6.91. The summed E-state index contributed by atoms with van der Waals surface area (Å²) in [5.41, 5.74) is 4.31. The average molecular weight is 643 g/mol. The van der Waals surface area contributed by atoms with E-state index in [1.54, 1.807) is 37.5 Å². The Hall–Kier alpha value is -4.16. The van der Waals surface area contributed by atoms with Crippen LogP contribution in [-0.4, -0.2) is 95.3 Å². The van der Waals surface area contributed by atoms with E-state index in [1.807, 2.05) is 44.2 Å². The fourth-order valence-corrected chi connectivity index (χ4v) is 6.14. The normalized spacial score (nSPS) is 19.2. The first-order valence-electron chi connectivity index (χ1n) is 16.1. The van der Waals surface area contributed by atoms with Crippen LogP contribution in [0.25, 0.3) is 0 Å². The summed E-state index contributed by atoms with van der Waals surface area (Å²) < 4.78 is 5.29. The van der Waals surface area contributed by atoms with Crippen molar-refractivity contribution in [3.05, 3.63) is 35.9 Å². The van der Waals surface area contributed by atoms with Gasteiger partial charge in [-0.2, -0.15) is 0 Å². The van der Waals surface area contributed by atoms with Gasteiger partial charge in [-0.15, -0.1) is 0 Å². The molecule has 0 spiro atoms. The SMILES string of the molecule is CC(C)C[C@H](NC(=O)[C@@H]1CCCN1C(=O)C1(c2ccccc2)CCN(C(=O)[C@H](C)NC(=O)OC(C)(C)C)CC1)C(=O)NCC(N)=O. The Labute approximate surface area is 271 Å². The Morgan fingerprint density at radius 1 is 0.978 bits per heavy atom. The van der Waals surface area contributed by atoms with Gasteiger partial charge < -0.3 is 36.2 Å². The number of hydrogen-bond donors (Lipinski definition) is 4. The molecule has 5 N–H and O–H groups in total. The van der Waals surface area contributed by atoms with Crippen LogP contribution in [0.15, 0.2) is 30.3 Å². The lowest BCUT2D eigenvalue weighted by atomic mass is 9.71. The van der Waals surface area contributed by atoms with E-state index in [1.165, 1.54) is 0 Å². The van der Waals surface area contributed by atoms with E-state index in [0.717, 1.165) is 5.56 Å². The monoisotopic (exact) mass is 642 g/mol. The van der Waals surface area contributed by atoms with Crippen LogP contribution in [0.4, 0.5) is 4.79 Å². The number of alkyl carbamates (subject to hydrolysis) is 1. The molecule has 2 aliphatic rings. The third-order valence-corrected chi connectivity index (χ3v) is 8.36. The summed E-state index contributed by atoms with van der Waals surface area (Å²) in [5, 5.41) is 7.89. The average Bonchev–Trinajstić information content (AvgIpc) is 3.48. The van der Waals surface area contributed by atoms with Gasteiger partial charge in [0.15, 0.2) is 0 Å². The Bertz CT molecular complexity index is 1270. The molecule has 6 amide bonds. The predicted octanol–water partition coefficient (Wildman–Crippen LogP) is 1.58. The molecule has 1 aromatic rings. The summed E-state index contributed by atoms with van der Waals surface area (Å²) in [7, 11) is 0. The maximum Gasteiger partial charge on any atom is 0.408 e. The van der Waals surface area contributed by atoms with Crippen molar-refractivity contribution in [2.24, 2.45) is 11.7 Å². The van der Waals surface area contributed by atoms with Gasteiger partial charge in [-0.25, -0.2) is 4.79 Å². The number of hydrogen-bond acceptors (Lipinski definition) is 7. The molecule has 13 nitrogen and oxygen atoms in total. The van der Waals surface area contributed by atoms with Gasteiger partial charge in [0.25, 0.3) is 0 Å². The molecule has 46 heavy (non-hydrogen) atoms. The number of carbonyl (C=O) groups excluding carboxylic acids is 6. The van der Waals surface area contributed by atoms with E-state index in [-0.39, 0.29) is 37.4 Å². The van der Waals surface area contributed by atoms with E-state index < -0.39 is 53.0 Å². The van der Waals surface area contributed by atoms with Gasteiger partial charge in [-0.1, -0.05) is 44.2 Å². The number of nitrogens with two attached hydrogens (primary N) is 1. The van der Waals surface area contributed by atoms with E-state index >= 15 is 0 Å². The van der Waals surface area contributed by atoms with Crippen molar-refractivity contribution in [2.75, 3.05) is 26.2 Å². The molecule has 0 saturated carbocycles. The number of nitrogens with one attached hydrogen (secondary N) is 3. The van der Waals surface area contributed by atoms with Gasteiger partial charge in [0.2, 0.25) is 29.5 Å². The molecule has 2 aliphatic heterocycles.